The van der Waals surface area contributed by atoms with Crippen LogP contribution in [0.5, 0.6) is 11.5 Å². The molecule has 1 saturated heterocycles. The first kappa shape index (κ1) is 23.3. The summed E-state index contributed by atoms with van der Waals surface area (Å²) in [5, 5.41) is 3.28. The quantitative estimate of drug-likeness (QED) is 0.662. The van der Waals surface area contributed by atoms with Gasteiger partial charge in [-0.3, -0.25) is 9.59 Å². The molecule has 0 aromatic heterocycles. The molecule has 2 heterocycles. The summed E-state index contributed by atoms with van der Waals surface area (Å²) in [4.78, 5) is 26.2. The Labute approximate surface area is 197 Å². The van der Waals surface area contributed by atoms with Crippen molar-refractivity contribution in [2.45, 2.75) is 24.3 Å². The van der Waals surface area contributed by atoms with Crippen LogP contribution in [0.4, 0.5) is 5.69 Å². The van der Waals surface area contributed by atoms with Gasteiger partial charge in [-0.05, 0) is 48.9 Å². The van der Waals surface area contributed by atoms with Crippen LogP contribution in [0.1, 0.15) is 13.3 Å². The lowest BCUT2D eigenvalue weighted by Crippen LogP contribution is -2.51. The summed E-state index contributed by atoms with van der Waals surface area (Å²) in [6.07, 6.45) is -0.0757. The second kappa shape index (κ2) is 9.58. The van der Waals surface area contributed by atoms with Crippen LogP contribution in [0.15, 0.2) is 47.4 Å². The number of fused-ring (bicyclic) bond motifs is 1. The SMILES string of the molecule is CCC1Oc2ccc(S(=O)(=O)N3CCN(C(=O)COc4ccc(Cl)cc4)CC3)cc2NC1=O. The predicted molar refractivity (Wildman–Crippen MR) is 122 cm³/mol. The van der Waals surface area contributed by atoms with Gasteiger partial charge in [0.05, 0.1) is 10.6 Å². The van der Waals surface area contributed by atoms with Gasteiger partial charge in [0.15, 0.2) is 12.7 Å². The molecule has 2 aromatic carbocycles. The number of anilines is 1. The summed E-state index contributed by atoms with van der Waals surface area (Å²) in [5.74, 6) is 0.452. The summed E-state index contributed by atoms with van der Waals surface area (Å²) < 4.78 is 38.7. The third-order valence-corrected chi connectivity index (χ3v) is 7.69. The smallest absolute Gasteiger partial charge is 0.265 e. The number of carbonyl (C=O) groups is 2. The van der Waals surface area contributed by atoms with E-state index in [1.807, 2.05) is 6.92 Å². The normalized spacial score (nSPS) is 18.8. The molecule has 0 aliphatic carbocycles. The maximum absolute atomic E-state index is 13.1. The van der Waals surface area contributed by atoms with Crippen molar-refractivity contribution >= 4 is 39.1 Å². The molecule has 11 heteroatoms. The molecular formula is C22H24ClN3O6S. The highest BCUT2D eigenvalue weighted by atomic mass is 35.5. The molecule has 2 amide bonds. The second-order valence-corrected chi connectivity index (χ2v) is 10.1. The van der Waals surface area contributed by atoms with Crippen LogP contribution in [-0.4, -0.2) is 68.3 Å². The van der Waals surface area contributed by atoms with E-state index in [1.54, 1.807) is 35.2 Å². The number of carbonyl (C=O) groups excluding carboxylic acids is 2. The summed E-state index contributed by atoms with van der Waals surface area (Å²) in [6, 6.07) is 11.1. The van der Waals surface area contributed by atoms with Gasteiger partial charge >= 0.3 is 0 Å². The molecular weight excluding hydrogens is 470 g/mol. The molecule has 1 unspecified atom stereocenters. The predicted octanol–water partition coefficient (Wildman–Crippen LogP) is 2.36. The number of rotatable bonds is 6. The first-order valence-electron chi connectivity index (χ1n) is 10.6. The van der Waals surface area contributed by atoms with E-state index in [4.69, 9.17) is 21.1 Å². The number of sulfonamides is 1. The minimum absolute atomic E-state index is 0.0611. The van der Waals surface area contributed by atoms with Crippen molar-refractivity contribution in [1.82, 2.24) is 9.21 Å². The molecule has 2 aromatic rings. The van der Waals surface area contributed by atoms with Gasteiger partial charge in [0, 0.05) is 31.2 Å². The van der Waals surface area contributed by atoms with Crippen molar-refractivity contribution in [1.29, 1.82) is 0 Å². The van der Waals surface area contributed by atoms with Gasteiger partial charge in [0.1, 0.15) is 11.5 Å². The van der Waals surface area contributed by atoms with Crippen molar-refractivity contribution < 1.29 is 27.5 Å². The monoisotopic (exact) mass is 493 g/mol. The number of halogens is 1. The van der Waals surface area contributed by atoms with E-state index < -0.39 is 16.1 Å². The Morgan fingerprint density at radius 2 is 1.85 bits per heavy atom. The van der Waals surface area contributed by atoms with E-state index in [0.717, 1.165) is 0 Å². The first-order chi connectivity index (χ1) is 15.8. The van der Waals surface area contributed by atoms with Crippen LogP contribution in [0, 0.1) is 0 Å². The zero-order valence-corrected chi connectivity index (χ0v) is 19.6. The molecule has 1 N–H and O–H groups in total. The number of piperazine rings is 1. The fourth-order valence-electron chi connectivity index (χ4n) is 3.65. The van der Waals surface area contributed by atoms with E-state index in [0.29, 0.717) is 28.6 Å². The van der Waals surface area contributed by atoms with E-state index in [-0.39, 0.29) is 49.5 Å². The Hall–Kier alpha value is -2.82. The Kier molecular flexibility index (Phi) is 6.78. The fourth-order valence-corrected chi connectivity index (χ4v) is 5.23. The van der Waals surface area contributed by atoms with E-state index in [2.05, 4.69) is 5.32 Å². The van der Waals surface area contributed by atoms with Crippen LogP contribution in [0.25, 0.3) is 0 Å². The lowest BCUT2D eigenvalue weighted by atomic mass is 10.2. The average Bonchev–Trinajstić information content (AvgIpc) is 2.82. The van der Waals surface area contributed by atoms with Gasteiger partial charge in [-0.2, -0.15) is 4.31 Å². The standard InChI is InChI=1S/C22H24ClN3O6S/c1-2-19-22(28)24-18-13-17(7-8-20(18)32-19)33(29,30)26-11-9-25(10-12-26)21(27)14-31-16-5-3-15(23)4-6-16/h3-8,13,19H,2,9-12,14H2,1H3,(H,24,28). The highest BCUT2D eigenvalue weighted by Crippen LogP contribution is 2.33. The zero-order valence-electron chi connectivity index (χ0n) is 18.0. The molecule has 0 bridgehead atoms. The number of benzene rings is 2. The van der Waals surface area contributed by atoms with Gasteiger partial charge in [0.2, 0.25) is 10.0 Å². The summed E-state index contributed by atoms with van der Waals surface area (Å²) in [7, 11) is -3.80. The van der Waals surface area contributed by atoms with Crippen LogP contribution in [-0.2, 0) is 19.6 Å². The topological polar surface area (TPSA) is 105 Å². The van der Waals surface area contributed by atoms with Crippen LogP contribution < -0.4 is 14.8 Å². The Balaban J connectivity index is 1.36. The Morgan fingerprint density at radius 1 is 1.15 bits per heavy atom. The largest absolute Gasteiger partial charge is 0.484 e. The summed E-state index contributed by atoms with van der Waals surface area (Å²) in [5.41, 5.74) is 0.332. The molecule has 1 fully saturated rings. The van der Waals surface area contributed by atoms with Gasteiger partial charge in [-0.1, -0.05) is 18.5 Å². The molecule has 0 radical (unpaired) electrons. The maximum Gasteiger partial charge on any atom is 0.265 e. The molecule has 0 spiro atoms. The van der Waals surface area contributed by atoms with E-state index in [9.17, 15) is 18.0 Å². The molecule has 2 aliphatic rings. The van der Waals surface area contributed by atoms with E-state index >= 15 is 0 Å². The Morgan fingerprint density at radius 3 is 2.52 bits per heavy atom. The van der Waals surface area contributed by atoms with Gasteiger partial charge < -0.3 is 19.7 Å². The highest BCUT2D eigenvalue weighted by molar-refractivity contribution is 7.89. The lowest BCUT2D eigenvalue weighted by molar-refractivity contribution is -0.134. The van der Waals surface area contributed by atoms with Crippen molar-refractivity contribution in [2.75, 3.05) is 38.1 Å². The first-order valence-corrected chi connectivity index (χ1v) is 12.4. The van der Waals surface area contributed by atoms with Crippen LogP contribution >= 0.6 is 11.6 Å². The second-order valence-electron chi connectivity index (χ2n) is 7.69. The van der Waals surface area contributed by atoms with Crippen LogP contribution in [0.2, 0.25) is 5.02 Å². The number of hydrogen-bond acceptors (Lipinski definition) is 6. The third kappa shape index (κ3) is 5.07. The zero-order chi connectivity index (χ0) is 23.6. The molecule has 176 valence electrons. The van der Waals surface area contributed by atoms with Crippen molar-refractivity contribution in [3.63, 3.8) is 0 Å². The minimum Gasteiger partial charge on any atom is -0.484 e. The molecule has 1 atom stereocenters. The minimum atomic E-state index is -3.80. The van der Waals surface area contributed by atoms with Crippen molar-refractivity contribution in [2.24, 2.45) is 0 Å². The van der Waals surface area contributed by atoms with Crippen LogP contribution in [0.3, 0.4) is 0 Å². The number of amides is 2. The number of hydrogen-bond donors (Lipinski definition) is 1. The maximum atomic E-state index is 13.1. The van der Waals surface area contributed by atoms with E-state index in [1.165, 1.54) is 16.4 Å². The number of nitrogens with one attached hydrogen (secondary N) is 1. The molecule has 0 saturated carbocycles. The highest BCUT2D eigenvalue weighted by Gasteiger charge is 2.32. The van der Waals surface area contributed by atoms with Gasteiger partial charge in [-0.25, -0.2) is 8.42 Å². The lowest BCUT2D eigenvalue weighted by Gasteiger charge is -2.34. The fraction of sp³-hybridized carbons (Fsp3) is 0.364. The average molecular weight is 494 g/mol. The molecule has 4 rings (SSSR count). The van der Waals surface area contributed by atoms with Gasteiger partial charge in [0.25, 0.3) is 11.8 Å². The molecule has 33 heavy (non-hydrogen) atoms. The number of nitrogens with zero attached hydrogens (tertiary/aromatic N) is 2. The Bertz CT molecular complexity index is 1150. The van der Waals surface area contributed by atoms with Gasteiger partial charge in [-0.15, -0.1) is 0 Å². The number of ether oxygens (including phenoxy) is 2. The molecule has 2 aliphatic heterocycles. The summed E-state index contributed by atoms with van der Waals surface area (Å²) in [6.45, 7) is 2.52. The van der Waals surface area contributed by atoms with Crippen molar-refractivity contribution in [3.05, 3.63) is 47.5 Å². The third-order valence-electron chi connectivity index (χ3n) is 5.55. The molecule has 9 nitrogen and oxygen atoms in total. The summed E-state index contributed by atoms with van der Waals surface area (Å²) >= 11 is 5.83. The van der Waals surface area contributed by atoms with Crippen molar-refractivity contribution in [3.8, 4) is 11.5 Å².